The maximum absolute atomic E-state index is 6.07. The Morgan fingerprint density at radius 3 is 2.22 bits per heavy atom. The zero-order valence-corrected chi connectivity index (χ0v) is 11.9. The van der Waals surface area contributed by atoms with E-state index >= 15 is 0 Å². The Kier molecular flexibility index (Phi) is 3.67. The third kappa shape index (κ3) is 3.10. The number of pyridine rings is 1. The molecule has 0 N–H and O–H groups in total. The predicted molar refractivity (Wildman–Crippen MR) is 76.5 cm³/mol. The van der Waals surface area contributed by atoms with Crippen molar-refractivity contribution >= 4 is 29.0 Å². The molecule has 2 nitrogen and oxygen atoms in total. The maximum atomic E-state index is 6.07. The summed E-state index contributed by atoms with van der Waals surface area (Å²) in [6, 6.07) is 3.96. The Morgan fingerprint density at radius 2 is 1.72 bits per heavy atom. The highest BCUT2D eigenvalue weighted by Gasteiger charge is 2.29. The molecule has 0 radical (unpaired) electrons. The van der Waals surface area contributed by atoms with Crippen LogP contribution in [-0.4, -0.2) is 18.1 Å². The van der Waals surface area contributed by atoms with Crippen molar-refractivity contribution in [3.05, 3.63) is 22.8 Å². The highest BCUT2D eigenvalue weighted by Crippen LogP contribution is 2.35. The van der Waals surface area contributed by atoms with Crippen molar-refractivity contribution in [3.8, 4) is 0 Å². The van der Waals surface area contributed by atoms with Crippen molar-refractivity contribution in [1.29, 1.82) is 0 Å². The maximum Gasteiger partial charge on any atom is 0.128 e. The van der Waals surface area contributed by atoms with Crippen molar-refractivity contribution in [1.82, 2.24) is 4.98 Å². The van der Waals surface area contributed by atoms with Gasteiger partial charge in [-0.15, -0.1) is 11.6 Å². The van der Waals surface area contributed by atoms with Crippen molar-refractivity contribution in [2.75, 3.05) is 18.0 Å². The molecular weight excluding hydrogens is 267 g/mol. The van der Waals surface area contributed by atoms with E-state index in [-0.39, 0.29) is 0 Å². The van der Waals surface area contributed by atoms with E-state index in [1.807, 2.05) is 12.1 Å². The highest BCUT2D eigenvalue weighted by molar-refractivity contribution is 6.32. The van der Waals surface area contributed by atoms with Crippen LogP contribution in [0.1, 0.15) is 31.4 Å². The molecule has 4 heteroatoms. The van der Waals surface area contributed by atoms with Crippen molar-refractivity contribution in [2.24, 2.45) is 11.8 Å². The molecule has 0 spiro atoms. The average Bonchev–Trinajstić information content (AvgIpc) is 3.24. The molecule has 0 bridgehead atoms. The van der Waals surface area contributed by atoms with E-state index in [9.17, 15) is 0 Å². The summed E-state index contributed by atoms with van der Waals surface area (Å²) in [5.41, 5.74) is 0.799. The fraction of sp³-hybridized carbons (Fsp3) is 0.643. The van der Waals surface area contributed by atoms with Gasteiger partial charge in [-0.3, -0.25) is 0 Å². The van der Waals surface area contributed by atoms with Crippen LogP contribution in [0.15, 0.2) is 12.1 Å². The molecule has 1 aromatic rings. The lowest BCUT2D eigenvalue weighted by molar-refractivity contribution is 0.670. The Morgan fingerprint density at radius 1 is 1.11 bits per heavy atom. The van der Waals surface area contributed by atoms with Gasteiger partial charge in [-0.25, -0.2) is 4.98 Å². The number of halogens is 2. The average molecular weight is 285 g/mol. The number of hydrogen-bond donors (Lipinski definition) is 0. The molecule has 0 atom stereocenters. The summed E-state index contributed by atoms with van der Waals surface area (Å²) in [5.74, 6) is 3.18. The Labute approximate surface area is 118 Å². The molecule has 2 aliphatic carbocycles. The van der Waals surface area contributed by atoms with Crippen LogP contribution in [0, 0.1) is 11.8 Å². The fourth-order valence-corrected chi connectivity index (χ4v) is 2.67. The molecular formula is C14H18Cl2N2. The number of alkyl halides is 1. The van der Waals surface area contributed by atoms with E-state index in [1.54, 1.807) is 0 Å². The molecule has 3 rings (SSSR count). The molecule has 18 heavy (non-hydrogen) atoms. The topological polar surface area (TPSA) is 16.1 Å². The summed E-state index contributed by atoms with van der Waals surface area (Å²) >= 11 is 12.0. The predicted octanol–water partition coefficient (Wildman–Crippen LogP) is 4.10. The number of aromatic nitrogens is 1. The summed E-state index contributed by atoms with van der Waals surface area (Å²) in [4.78, 5) is 7.05. The molecule has 2 saturated carbocycles. The lowest BCUT2D eigenvalue weighted by Gasteiger charge is -2.24. The van der Waals surface area contributed by atoms with E-state index in [0.29, 0.717) is 10.9 Å². The van der Waals surface area contributed by atoms with Crippen molar-refractivity contribution in [2.45, 2.75) is 31.6 Å². The summed E-state index contributed by atoms with van der Waals surface area (Å²) in [7, 11) is 0. The van der Waals surface area contributed by atoms with Gasteiger partial charge in [-0.05, 0) is 49.7 Å². The lowest BCUT2D eigenvalue weighted by Crippen LogP contribution is -2.29. The van der Waals surface area contributed by atoms with E-state index in [2.05, 4.69) is 9.88 Å². The minimum absolute atomic E-state index is 0.382. The zero-order valence-electron chi connectivity index (χ0n) is 10.4. The molecule has 2 fully saturated rings. The molecule has 0 amide bonds. The van der Waals surface area contributed by atoms with Gasteiger partial charge in [0.1, 0.15) is 5.82 Å². The highest BCUT2D eigenvalue weighted by atomic mass is 35.5. The van der Waals surface area contributed by atoms with Gasteiger partial charge in [0.05, 0.1) is 16.6 Å². The number of rotatable bonds is 6. The minimum Gasteiger partial charge on any atom is -0.356 e. The SMILES string of the molecule is ClCc1nc(N(CC2CC2)CC2CC2)ccc1Cl. The van der Waals surface area contributed by atoms with Gasteiger partial charge in [0.15, 0.2) is 0 Å². The summed E-state index contributed by atoms with van der Waals surface area (Å²) < 4.78 is 0. The summed E-state index contributed by atoms with van der Waals surface area (Å²) in [6.07, 6.45) is 5.49. The van der Waals surface area contributed by atoms with Crippen LogP contribution in [0.5, 0.6) is 0 Å². The summed E-state index contributed by atoms with van der Waals surface area (Å²) in [5, 5.41) is 0.673. The van der Waals surface area contributed by atoms with Crippen molar-refractivity contribution < 1.29 is 0 Å². The Bertz CT molecular complexity index is 414. The van der Waals surface area contributed by atoms with Crippen LogP contribution in [0.2, 0.25) is 5.02 Å². The minimum atomic E-state index is 0.382. The van der Waals surface area contributed by atoms with Gasteiger partial charge in [0.25, 0.3) is 0 Å². The van der Waals surface area contributed by atoms with Gasteiger partial charge in [0.2, 0.25) is 0 Å². The zero-order chi connectivity index (χ0) is 12.5. The Balaban J connectivity index is 1.77. The third-order valence-electron chi connectivity index (χ3n) is 3.71. The van der Waals surface area contributed by atoms with Gasteiger partial charge in [0, 0.05) is 13.1 Å². The van der Waals surface area contributed by atoms with E-state index in [1.165, 1.54) is 25.7 Å². The molecule has 2 aliphatic rings. The van der Waals surface area contributed by atoms with Gasteiger partial charge in [-0.1, -0.05) is 11.6 Å². The standard InChI is InChI=1S/C14H18Cl2N2/c15-7-13-12(16)5-6-14(17-13)18(8-10-1-2-10)9-11-3-4-11/h5-6,10-11H,1-4,7-9H2. The second-order valence-corrected chi connectivity index (χ2v) is 6.20. The van der Waals surface area contributed by atoms with Crippen molar-refractivity contribution in [3.63, 3.8) is 0 Å². The lowest BCUT2D eigenvalue weighted by atomic mass is 10.3. The smallest absolute Gasteiger partial charge is 0.128 e. The molecule has 1 aromatic heterocycles. The van der Waals surface area contributed by atoms with E-state index < -0.39 is 0 Å². The molecule has 0 aromatic carbocycles. The van der Waals surface area contributed by atoms with Crippen LogP contribution >= 0.6 is 23.2 Å². The fourth-order valence-electron chi connectivity index (χ4n) is 2.23. The normalized spacial score (nSPS) is 19.0. The van der Waals surface area contributed by atoms with Crippen LogP contribution < -0.4 is 4.90 Å². The first-order chi connectivity index (χ1) is 8.76. The second kappa shape index (κ2) is 5.26. The quantitative estimate of drug-likeness (QED) is 0.731. The third-order valence-corrected chi connectivity index (χ3v) is 4.30. The largest absolute Gasteiger partial charge is 0.356 e. The number of hydrogen-bond acceptors (Lipinski definition) is 2. The first kappa shape index (κ1) is 12.6. The first-order valence-electron chi connectivity index (χ1n) is 6.72. The van der Waals surface area contributed by atoms with Crippen LogP contribution in [-0.2, 0) is 5.88 Å². The molecule has 98 valence electrons. The molecule has 1 heterocycles. The van der Waals surface area contributed by atoms with Gasteiger partial charge >= 0.3 is 0 Å². The number of anilines is 1. The molecule has 0 saturated heterocycles. The molecule has 0 unspecified atom stereocenters. The monoisotopic (exact) mass is 284 g/mol. The first-order valence-corrected chi connectivity index (χ1v) is 7.64. The van der Waals surface area contributed by atoms with Crippen LogP contribution in [0.25, 0.3) is 0 Å². The number of nitrogens with zero attached hydrogens (tertiary/aromatic N) is 2. The van der Waals surface area contributed by atoms with Crippen LogP contribution in [0.4, 0.5) is 5.82 Å². The molecule has 0 aliphatic heterocycles. The summed E-state index contributed by atoms with van der Waals surface area (Å²) in [6.45, 7) is 2.29. The van der Waals surface area contributed by atoms with Gasteiger partial charge < -0.3 is 4.90 Å². The second-order valence-electron chi connectivity index (χ2n) is 5.52. The van der Waals surface area contributed by atoms with E-state index in [4.69, 9.17) is 23.2 Å². The van der Waals surface area contributed by atoms with E-state index in [0.717, 1.165) is 36.4 Å². The Hall–Kier alpha value is -0.470. The van der Waals surface area contributed by atoms with Gasteiger partial charge in [-0.2, -0.15) is 0 Å². The van der Waals surface area contributed by atoms with Crippen LogP contribution in [0.3, 0.4) is 0 Å².